The molecule has 0 unspecified atom stereocenters. The van der Waals surface area contributed by atoms with Crippen LogP contribution in [0, 0.1) is 6.92 Å². The second kappa shape index (κ2) is 7.27. The summed E-state index contributed by atoms with van der Waals surface area (Å²) in [5.74, 6) is 0.680. The van der Waals surface area contributed by atoms with Crippen LogP contribution in [0.2, 0.25) is 0 Å². The van der Waals surface area contributed by atoms with Gasteiger partial charge in [0.15, 0.2) is 0 Å². The molecule has 0 radical (unpaired) electrons. The van der Waals surface area contributed by atoms with Gasteiger partial charge in [-0.2, -0.15) is 4.31 Å². The van der Waals surface area contributed by atoms with Crippen molar-refractivity contribution in [1.29, 1.82) is 0 Å². The van der Waals surface area contributed by atoms with Crippen LogP contribution >= 0.6 is 0 Å². The molecule has 1 aliphatic heterocycles. The van der Waals surface area contributed by atoms with Crippen LogP contribution in [0.25, 0.3) is 0 Å². The number of nitrogens with one attached hydrogen (secondary N) is 1. The summed E-state index contributed by atoms with van der Waals surface area (Å²) in [6.07, 6.45) is 6.32. The van der Waals surface area contributed by atoms with Crippen LogP contribution in [-0.2, 0) is 16.6 Å². The van der Waals surface area contributed by atoms with Crippen molar-refractivity contribution in [3.63, 3.8) is 0 Å². The molecule has 0 bridgehead atoms. The highest BCUT2D eigenvalue weighted by molar-refractivity contribution is 7.89. The molecule has 7 heteroatoms. The molecule has 24 heavy (non-hydrogen) atoms. The van der Waals surface area contributed by atoms with Gasteiger partial charge in [0.05, 0.1) is 16.8 Å². The molecule has 1 fully saturated rings. The largest absolute Gasteiger partial charge is 0.365 e. The van der Waals surface area contributed by atoms with Crippen LogP contribution in [0.5, 0.6) is 0 Å². The first-order valence-corrected chi connectivity index (χ1v) is 9.61. The molecule has 1 aliphatic rings. The number of hydrogen-bond donors (Lipinski definition) is 1. The molecule has 0 amide bonds. The molecule has 0 aliphatic carbocycles. The maximum Gasteiger partial charge on any atom is 0.243 e. The van der Waals surface area contributed by atoms with E-state index in [9.17, 15) is 8.42 Å². The van der Waals surface area contributed by atoms with Gasteiger partial charge in [0.25, 0.3) is 0 Å². The van der Waals surface area contributed by atoms with Crippen molar-refractivity contribution in [2.75, 3.05) is 18.4 Å². The highest BCUT2D eigenvalue weighted by Gasteiger charge is 2.25. The van der Waals surface area contributed by atoms with Gasteiger partial charge in [0.1, 0.15) is 5.82 Å². The highest BCUT2D eigenvalue weighted by Crippen LogP contribution is 2.21. The zero-order valence-corrected chi connectivity index (χ0v) is 14.6. The van der Waals surface area contributed by atoms with Crippen molar-refractivity contribution < 1.29 is 8.42 Å². The van der Waals surface area contributed by atoms with Crippen LogP contribution in [-0.4, -0.2) is 35.8 Å². The van der Waals surface area contributed by atoms with E-state index in [4.69, 9.17) is 0 Å². The summed E-state index contributed by atoms with van der Waals surface area (Å²) < 4.78 is 27.1. The SMILES string of the molecule is Cc1cncc(NCc2cccc(S(=O)(=O)N3CCCCC3)c2)n1. The fourth-order valence-corrected chi connectivity index (χ4v) is 4.40. The smallest absolute Gasteiger partial charge is 0.243 e. The minimum Gasteiger partial charge on any atom is -0.365 e. The van der Waals surface area contributed by atoms with Crippen molar-refractivity contribution >= 4 is 15.8 Å². The van der Waals surface area contributed by atoms with Crippen LogP contribution in [0.3, 0.4) is 0 Å². The maximum absolute atomic E-state index is 12.7. The molecule has 1 aromatic carbocycles. The van der Waals surface area contributed by atoms with Gasteiger partial charge in [-0.15, -0.1) is 0 Å². The van der Waals surface area contributed by atoms with Gasteiger partial charge >= 0.3 is 0 Å². The van der Waals surface area contributed by atoms with E-state index >= 15 is 0 Å². The summed E-state index contributed by atoms with van der Waals surface area (Å²) in [5, 5.41) is 3.18. The number of nitrogens with zero attached hydrogens (tertiary/aromatic N) is 3. The second-order valence-corrected chi connectivity index (χ2v) is 7.95. The first kappa shape index (κ1) is 16.9. The standard InChI is InChI=1S/C17H22N4O2S/c1-14-11-18-13-17(20-14)19-12-15-6-5-7-16(10-15)24(22,23)21-8-3-2-4-9-21/h5-7,10-11,13H,2-4,8-9,12H2,1H3,(H,19,20). The van der Waals surface area contributed by atoms with Crippen LogP contribution in [0.15, 0.2) is 41.6 Å². The topological polar surface area (TPSA) is 75.2 Å². The third-order valence-corrected chi connectivity index (χ3v) is 5.97. The number of benzene rings is 1. The number of anilines is 1. The Labute approximate surface area is 143 Å². The predicted octanol–water partition coefficient (Wildman–Crippen LogP) is 2.57. The Morgan fingerprint density at radius 1 is 1.17 bits per heavy atom. The molecule has 1 saturated heterocycles. The number of piperidine rings is 1. The summed E-state index contributed by atoms with van der Waals surface area (Å²) in [4.78, 5) is 8.78. The zero-order valence-electron chi connectivity index (χ0n) is 13.8. The summed E-state index contributed by atoms with van der Waals surface area (Å²) in [5.41, 5.74) is 1.73. The van der Waals surface area contributed by atoms with E-state index in [1.807, 2.05) is 13.0 Å². The van der Waals surface area contributed by atoms with Gasteiger partial charge in [-0.3, -0.25) is 4.98 Å². The lowest BCUT2D eigenvalue weighted by Crippen LogP contribution is -2.35. The molecule has 2 aromatic rings. The number of sulfonamides is 1. The number of hydrogen-bond acceptors (Lipinski definition) is 5. The van der Waals surface area contributed by atoms with E-state index in [0.717, 1.165) is 30.5 Å². The molecule has 2 heterocycles. The Balaban J connectivity index is 1.74. The molecule has 1 aromatic heterocycles. The first-order chi connectivity index (χ1) is 11.6. The van der Waals surface area contributed by atoms with Gasteiger partial charge in [-0.05, 0) is 37.5 Å². The maximum atomic E-state index is 12.7. The lowest BCUT2D eigenvalue weighted by molar-refractivity contribution is 0.346. The zero-order chi connectivity index (χ0) is 17.0. The lowest BCUT2D eigenvalue weighted by Gasteiger charge is -2.26. The normalized spacial score (nSPS) is 16.0. The molecule has 128 valence electrons. The minimum absolute atomic E-state index is 0.360. The molecule has 0 saturated carbocycles. The van der Waals surface area contributed by atoms with Crippen LogP contribution in [0.4, 0.5) is 5.82 Å². The van der Waals surface area contributed by atoms with Crippen molar-refractivity contribution in [3.05, 3.63) is 47.9 Å². The Kier molecular flexibility index (Phi) is 5.11. The van der Waals surface area contributed by atoms with E-state index in [2.05, 4.69) is 15.3 Å². The monoisotopic (exact) mass is 346 g/mol. The molecule has 0 atom stereocenters. The summed E-state index contributed by atoms with van der Waals surface area (Å²) >= 11 is 0. The Bertz CT molecular complexity index is 802. The number of aromatic nitrogens is 2. The van der Waals surface area contributed by atoms with Gasteiger partial charge < -0.3 is 5.32 Å². The Morgan fingerprint density at radius 2 is 1.96 bits per heavy atom. The molecular weight excluding hydrogens is 324 g/mol. The fraction of sp³-hybridized carbons (Fsp3) is 0.412. The quantitative estimate of drug-likeness (QED) is 0.900. The molecule has 0 spiro atoms. The number of aryl methyl sites for hydroxylation is 1. The van der Waals surface area contributed by atoms with Gasteiger partial charge in [0.2, 0.25) is 10.0 Å². The average Bonchev–Trinajstić information content (AvgIpc) is 2.61. The predicted molar refractivity (Wildman–Crippen MR) is 93.1 cm³/mol. The fourth-order valence-electron chi connectivity index (χ4n) is 2.81. The van der Waals surface area contributed by atoms with E-state index in [-0.39, 0.29) is 0 Å². The second-order valence-electron chi connectivity index (χ2n) is 6.01. The van der Waals surface area contributed by atoms with Crippen LogP contribution in [0.1, 0.15) is 30.5 Å². The van der Waals surface area contributed by atoms with Gasteiger partial charge in [-0.25, -0.2) is 13.4 Å². The first-order valence-electron chi connectivity index (χ1n) is 8.17. The third kappa shape index (κ3) is 3.91. The van der Waals surface area contributed by atoms with Gasteiger partial charge in [0, 0.05) is 25.8 Å². The van der Waals surface area contributed by atoms with Crippen molar-refractivity contribution in [2.24, 2.45) is 0 Å². The molecule has 1 N–H and O–H groups in total. The Morgan fingerprint density at radius 3 is 2.71 bits per heavy atom. The molecular formula is C17H22N4O2S. The highest BCUT2D eigenvalue weighted by atomic mass is 32.2. The molecule has 6 nitrogen and oxygen atoms in total. The summed E-state index contributed by atoms with van der Waals surface area (Å²) in [6.45, 7) is 3.61. The van der Waals surface area contributed by atoms with Gasteiger partial charge in [-0.1, -0.05) is 18.6 Å². The molecule has 3 rings (SSSR count). The van der Waals surface area contributed by atoms with Crippen LogP contribution < -0.4 is 5.32 Å². The number of rotatable bonds is 5. The summed E-state index contributed by atoms with van der Waals surface area (Å²) in [6, 6.07) is 7.10. The lowest BCUT2D eigenvalue weighted by atomic mass is 10.2. The van der Waals surface area contributed by atoms with Crippen molar-refractivity contribution in [2.45, 2.75) is 37.6 Å². The third-order valence-electron chi connectivity index (χ3n) is 4.08. The minimum atomic E-state index is -3.40. The Hall–Kier alpha value is -1.99. The van der Waals surface area contributed by atoms with E-state index in [0.29, 0.717) is 30.3 Å². The summed E-state index contributed by atoms with van der Waals surface area (Å²) in [7, 11) is -3.40. The van der Waals surface area contributed by atoms with E-state index < -0.39 is 10.0 Å². The van der Waals surface area contributed by atoms with Crippen molar-refractivity contribution in [3.8, 4) is 0 Å². The van der Waals surface area contributed by atoms with Crippen molar-refractivity contribution in [1.82, 2.24) is 14.3 Å². The van der Waals surface area contributed by atoms with E-state index in [1.165, 1.54) is 0 Å². The van der Waals surface area contributed by atoms with E-state index in [1.54, 1.807) is 34.9 Å². The average molecular weight is 346 g/mol.